The zero-order valence-electron chi connectivity index (χ0n) is 10.3. The van der Waals surface area contributed by atoms with Crippen molar-refractivity contribution >= 4 is 21.9 Å². The van der Waals surface area contributed by atoms with Crippen molar-refractivity contribution in [2.45, 2.75) is 0 Å². The average Bonchev–Trinajstić information content (AvgIpc) is 2.87. The molecular formula is C18H11O. The van der Waals surface area contributed by atoms with Crippen LogP contribution in [0.15, 0.2) is 71.1 Å². The Hall–Kier alpha value is -2.54. The van der Waals surface area contributed by atoms with Gasteiger partial charge in [0.15, 0.2) is 0 Å². The number of furan rings is 1. The molecule has 3 aromatic carbocycles. The zero-order valence-corrected chi connectivity index (χ0v) is 10.3. The van der Waals surface area contributed by atoms with Crippen molar-refractivity contribution in [2.75, 3.05) is 0 Å². The van der Waals surface area contributed by atoms with Crippen molar-refractivity contribution in [1.82, 2.24) is 0 Å². The first-order valence-corrected chi connectivity index (χ1v) is 6.30. The molecule has 0 unspecified atom stereocenters. The molecule has 1 aromatic heterocycles. The quantitative estimate of drug-likeness (QED) is 0.455. The van der Waals surface area contributed by atoms with Crippen LogP contribution in [-0.4, -0.2) is 0 Å². The van der Waals surface area contributed by atoms with Gasteiger partial charge in [0, 0.05) is 16.3 Å². The summed E-state index contributed by atoms with van der Waals surface area (Å²) in [5.74, 6) is 0. The topological polar surface area (TPSA) is 13.1 Å². The van der Waals surface area contributed by atoms with Gasteiger partial charge in [0.05, 0.1) is 0 Å². The lowest BCUT2D eigenvalue weighted by molar-refractivity contribution is 0.670. The molecule has 1 radical (unpaired) electrons. The normalized spacial score (nSPS) is 11.2. The van der Waals surface area contributed by atoms with Gasteiger partial charge in [0.1, 0.15) is 11.2 Å². The Bertz CT molecular complexity index is 857. The minimum Gasteiger partial charge on any atom is -0.455 e. The molecule has 0 N–H and O–H groups in total. The van der Waals surface area contributed by atoms with Gasteiger partial charge in [0.2, 0.25) is 0 Å². The molecule has 0 saturated heterocycles. The minimum absolute atomic E-state index is 0.914. The van der Waals surface area contributed by atoms with Crippen LogP contribution in [0.5, 0.6) is 0 Å². The molecule has 0 fully saturated rings. The molecular weight excluding hydrogens is 232 g/mol. The van der Waals surface area contributed by atoms with E-state index in [1.54, 1.807) is 0 Å². The van der Waals surface area contributed by atoms with Crippen molar-refractivity contribution in [3.63, 3.8) is 0 Å². The molecule has 19 heavy (non-hydrogen) atoms. The highest BCUT2D eigenvalue weighted by atomic mass is 16.3. The van der Waals surface area contributed by atoms with E-state index in [0.717, 1.165) is 27.5 Å². The van der Waals surface area contributed by atoms with Gasteiger partial charge < -0.3 is 4.42 Å². The second-order valence-electron chi connectivity index (χ2n) is 4.57. The Morgan fingerprint density at radius 1 is 0.789 bits per heavy atom. The van der Waals surface area contributed by atoms with Crippen molar-refractivity contribution in [2.24, 2.45) is 0 Å². The summed E-state index contributed by atoms with van der Waals surface area (Å²) in [5.41, 5.74) is 4.17. The molecule has 1 heteroatoms. The van der Waals surface area contributed by atoms with E-state index in [4.69, 9.17) is 4.42 Å². The first kappa shape index (κ1) is 10.4. The van der Waals surface area contributed by atoms with E-state index in [1.165, 1.54) is 5.56 Å². The SMILES string of the molecule is [c]1ccc2oc3c(-c4ccccc4)cccc3c2c1. The first-order chi connectivity index (χ1) is 9.43. The van der Waals surface area contributed by atoms with Crippen LogP contribution >= 0.6 is 0 Å². The van der Waals surface area contributed by atoms with Crippen molar-refractivity contribution in [3.05, 3.63) is 72.8 Å². The van der Waals surface area contributed by atoms with Crippen LogP contribution in [0.1, 0.15) is 0 Å². The number of hydrogen-bond donors (Lipinski definition) is 0. The number of para-hydroxylation sites is 1. The van der Waals surface area contributed by atoms with Crippen LogP contribution in [0.3, 0.4) is 0 Å². The summed E-state index contributed by atoms with van der Waals surface area (Å²) in [4.78, 5) is 0. The molecule has 1 heterocycles. The predicted molar refractivity (Wildman–Crippen MR) is 78.0 cm³/mol. The maximum Gasteiger partial charge on any atom is 0.143 e. The largest absolute Gasteiger partial charge is 0.455 e. The van der Waals surface area contributed by atoms with Gasteiger partial charge in [-0.1, -0.05) is 54.6 Å². The van der Waals surface area contributed by atoms with Crippen LogP contribution in [-0.2, 0) is 0 Å². The zero-order chi connectivity index (χ0) is 12.7. The fraction of sp³-hybridized carbons (Fsp3) is 0. The van der Waals surface area contributed by atoms with E-state index < -0.39 is 0 Å². The van der Waals surface area contributed by atoms with Crippen LogP contribution in [0.4, 0.5) is 0 Å². The third-order valence-electron chi connectivity index (χ3n) is 3.43. The third-order valence-corrected chi connectivity index (χ3v) is 3.43. The van der Waals surface area contributed by atoms with Gasteiger partial charge in [-0.2, -0.15) is 0 Å². The van der Waals surface area contributed by atoms with E-state index >= 15 is 0 Å². The summed E-state index contributed by atoms with van der Waals surface area (Å²) in [7, 11) is 0. The molecule has 0 aliphatic rings. The smallest absolute Gasteiger partial charge is 0.143 e. The van der Waals surface area contributed by atoms with Crippen molar-refractivity contribution < 1.29 is 4.42 Å². The fourth-order valence-electron chi connectivity index (χ4n) is 2.53. The van der Waals surface area contributed by atoms with Crippen LogP contribution in [0, 0.1) is 6.07 Å². The van der Waals surface area contributed by atoms with E-state index in [-0.39, 0.29) is 0 Å². The van der Waals surface area contributed by atoms with E-state index in [1.807, 2.05) is 36.4 Å². The highest BCUT2D eigenvalue weighted by Gasteiger charge is 2.10. The second-order valence-corrected chi connectivity index (χ2v) is 4.57. The number of fused-ring (bicyclic) bond motifs is 3. The molecule has 0 saturated carbocycles. The Balaban J connectivity index is 2.13. The molecule has 0 spiro atoms. The monoisotopic (exact) mass is 243 g/mol. The molecule has 0 atom stereocenters. The number of benzene rings is 3. The molecule has 89 valence electrons. The summed E-state index contributed by atoms with van der Waals surface area (Å²) < 4.78 is 6.02. The highest BCUT2D eigenvalue weighted by molar-refractivity contribution is 6.09. The molecule has 0 aliphatic carbocycles. The van der Waals surface area contributed by atoms with E-state index in [2.05, 4.69) is 36.4 Å². The van der Waals surface area contributed by atoms with Crippen molar-refractivity contribution in [1.29, 1.82) is 0 Å². The predicted octanol–water partition coefficient (Wildman–Crippen LogP) is 5.05. The Morgan fingerprint density at radius 2 is 1.68 bits per heavy atom. The lowest BCUT2D eigenvalue weighted by Gasteiger charge is -2.01. The maximum atomic E-state index is 6.02. The third kappa shape index (κ3) is 1.55. The number of rotatable bonds is 1. The highest BCUT2D eigenvalue weighted by Crippen LogP contribution is 2.35. The fourth-order valence-corrected chi connectivity index (χ4v) is 2.53. The summed E-state index contributed by atoms with van der Waals surface area (Å²) in [6.45, 7) is 0. The summed E-state index contributed by atoms with van der Waals surface area (Å²) in [6, 6.07) is 25.5. The Morgan fingerprint density at radius 3 is 2.58 bits per heavy atom. The number of hydrogen-bond acceptors (Lipinski definition) is 1. The van der Waals surface area contributed by atoms with E-state index in [9.17, 15) is 0 Å². The van der Waals surface area contributed by atoms with Gasteiger partial charge in [-0.25, -0.2) is 0 Å². The maximum absolute atomic E-state index is 6.02. The van der Waals surface area contributed by atoms with Crippen LogP contribution in [0.2, 0.25) is 0 Å². The van der Waals surface area contributed by atoms with Gasteiger partial charge in [-0.05, 0) is 23.8 Å². The molecule has 4 rings (SSSR count). The van der Waals surface area contributed by atoms with Gasteiger partial charge in [-0.15, -0.1) is 0 Å². The van der Waals surface area contributed by atoms with Crippen LogP contribution in [0.25, 0.3) is 33.1 Å². The van der Waals surface area contributed by atoms with Crippen molar-refractivity contribution in [3.8, 4) is 11.1 Å². The summed E-state index contributed by atoms with van der Waals surface area (Å²) in [5, 5.41) is 2.27. The first-order valence-electron chi connectivity index (χ1n) is 6.30. The molecule has 4 aromatic rings. The minimum atomic E-state index is 0.914. The van der Waals surface area contributed by atoms with E-state index in [0.29, 0.717) is 0 Å². The molecule has 0 amide bonds. The molecule has 1 nitrogen and oxygen atoms in total. The summed E-state index contributed by atoms with van der Waals surface area (Å²) in [6.07, 6.45) is 0. The summed E-state index contributed by atoms with van der Waals surface area (Å²) >= 11 is 0. The lowest BCUT2D eigenvalue weighted by Crippen LogP contribution is -1.77. The lowest BCUT2D eigenvalue weighted by atomic mass is 10.0. The van der Waals surface area contributed by atoms with Gasteiger partial charge in [0.25, 0.3) is 0 Å². The second kappa shape index (κ2) is 3.99. The Labute approximate surface area is 111 Å². The molecule has 0 aliphatic heterocycles. The Kier molecular flexibility index (Phi) is 2.18. The van der Waals surface area contributed by atoms with Gasteiger partial charge >= 0.3 is 0 Å². The van der Waals surface area contributed by atoms with Gasteiger partial charge in [-0.3, -0.25) is 0 Å². The van der Waals surface area contributed by atoms with Crippen LogP contribution < -0.4 is 0 Å². The average molecular weight is 243 g/mol. The standard InChI is InChI=1S/C18H11O/c1-2-7-13(8-3-1)14-10-6-11-16-15-9-4-5-12-17(15)19-18(14)16/h1-3,5-12H. The molecule has 0 bridgehead atoms.